The van der Waals surface area contributed by atoms with Crippen molar-refractivity contribution < 1.29 is 27.1 Å². The van der Waals surface area contributed by atoms with Crippen LogP contribution in [0.3, 0.4) is 0 Å². The van der Waals surface area contributed by atoms with Crippen LogP contribution in [0.25, 0.3) is 6.08 Å². The second kappa shape index (κ2) is 10.3. The number of nitrogens with one attached hydrogen (secondary N) is 2. The van der Waals surface area contributed by atoms with Gasteiger partial charge < -0.3 is 10.1 Å². The number of halogens is 1. The number of amides is 1. The van der Waals surface area contributed by atoms with Gasteiger partial charge in [-0.1, -0.05) is 31.2 Å². The van der Waals surface area contributed by atoms with Crippen LogP contribution in [0.1, 0.15) is 31.4 Å². The predicted molar refractivity (Wildman–Crippen MR) is 115 cm³/mol. The zero-order valence-corrected chi connectivity index (χ0v) is 18.3. The van der Waals surface area contributed by atoms with E-state index in [2.05, 4.69) is 10.0 Å². The van der Waals surface area contributed by atoms with Crippen LogP contribution in [0.4, 0.5) is 4.39 Å². The minimum Gasteiger partial charge on any atom is -0.469 e. The molecule has 2 aromatic rings. The first-order valence-corrected chi connectivity index (χ1v) is 11.0. The third kappa shape index (κ3) is 6.73. The number of rotatable bonds is 9. The van der Waals surface area contributed by atoms with Crippen molar-refractivity contribution in [2.45, 2.75) is 30.7 Å². The lowest BCUT2D eigenvalue weighted by Crippen LogP contribution is -2.44. The van der Waals surface area contributed by atoms with E-state index in [0.29, 0.717) is 11.1 Å². The van der Waals surface area contributed by atoms with Gasteiger partial charge in [0, 0.05) is 12.6 Å². The van der Waals surface area contributed by atoms with E-state index in [1.807, 2.05) is 0 Å². The van der Waals surface area contributed by atoms with E-state index < -0.39 is 33.3 Å². The van der Waals surface area contributed by atoms with Crippen LogP contribution in [0.15, 0.2) is 59.5 Å². The zero-order valence-electron chi connectivity index (χ0n) is 17.5. The Hall–Kier alpha value is -3.04. The van der Waals surface area contributed by atoms with E-state index in [-0.39, 0.29) is 17.9 Å². The predicted octanol–water partition coefficient (Wildman–Crippen LogP) is 2.73. The van der Waals surface area contributed by atoms with Gasteiger partial charge >= 0.3 is 5.97 Å². The summed E-state index contributed by atoms with van der Waals surface area (Å²) in [5.41, 5.74) is 0.0347. The molecule has 0 aliphatic rings. The van der Waals surface area contributed by atoms with Crippen LogP contribution in [0, 0.1) is 5.82 Å². The summed E-state index contributed by atoms with van der Waals surface area (Å²) >= 11 is 0. The molecule has 0 aliphatic heterocycles. The first kappa shape index (κ1) is 24.2. The number of hydrogen-bond acceptors (Lipinski definition) is 5. The standard InChI is InChI=1S/C22H25FN2O5S/c1-4-24-31(28,29)19-12-5-16(6-13-19)7-14-20(26)25-22(2,15-21(27)30-3)17-8-10-18(23)11-9-17/h5-14,24H,4,15H2,1-3H3,(H,25,26). The fraction of sp³-hybridized carbons (Fsp3) is 0.273. The maximum Gasteiger partial charge on any atom is 0.308 e. The number of ether oxygens (including phenoxy) is 1. The average molecular weight is 449 g/mol. The van der Waals surface area contributed by atoms with Gasteiger partial charge in [0.2, 0.25) is 15.9 Å². The molecule has 2 N–H and O–H groups in total. The number of benzene rings is 2. The molecule has 2 aromatic carbocycles. The summed E-state index contributed by atoms with van der Waals surface area (Å²) in [7, 11) is -2.31. The third-order valence-electron chi connectivity index (χ3n) is 4.56. The number of carbonyl (C=O) groups excluding carboxylic acids is 2. The number of hydrogen-bond donors (Lipinski definition) is 2. The van der Waals surface area contributed by atoms with E-state index in [4.69, 9.17) is 4.74 Å². The summed E-state index contributed by atoms with van der Waals surface area (Å²) < 4.78 is 44.4. The second-order valence-corrected chi connectivity index (χ2v) is 8.75. The average Bonchev–Trinajstić information content (AvgIpc) is 2.72. The van der Waals surface area contributed by atoms with Crippen LogP contribution in [0.2, 0.25) is 0 Å². The van der Waals surface area contributed by atoms with Crippen molar-refractivity contribution in [3.05, 3.63) is 71.6 Å². The molecule has 31 heavy (non-hydrogen) atoms. The van der Waals surface area contributed by atoms with Crippen LogP contribution >= 0.6 is 0 Å². The van der Waals surface area contributed by atoms with Gasteiger partial charge in [0.05, 0.1) is 24.0 Å². The fourth-order valence-corrected chi connectivity index (χ4v) is 3.96. The molecule has 0 fully saturated rings. The molecular weight excluding hydrogens is 423 g/mol. The number of sulfonamides is 1. The topological polar surface area (TPSA) is 102 Å². The molecule has 0 bridgehead atoms. The van der Waals surface area contributed by atoms with Gasteiger partial charge in [-0.15, -0.1) is 0 Å². The maximum absolute atomic E-state index is 13.3. The summed E-state index contributed by atoms with van der Waals surface area (Å²) in [6.45, 7) is 3.61. The molecule has 0 radical (unpaired) electrons. The molecule has 9 heteroatoms. The Kier molecular flexibility index (Phi) is 8.07. The minimum atomic E-state index is -3.55. The van der Waals surface area contributed by atoms with Gasteiger partial charge in [-0.3, -0.25) is 9.59 Å². The van der Waals surface area contributed by atoms with Crippen LogP contribution in [0.5, 0.6) is 0 Å². The van der Waals surface area contributed by atoms with E-state index >= 15 is 0 Å². The highest BCUT2D eigenvalue weighted by atomic mass is 32.2. The van der Waals surface area contributed by atoms with Crippen LogP contribution < -0.4 is 10.0 Å². The maximum atomic E-state index is 13.3. The van der Waals surface area contributed by atoms with Gasteiger partial charge in [0.1, 0.15) is 5.82 Å². The Labute approximate surface area is 181 Å². The Balaban J connectivity index is 2.17. The largest absolute Gasteiger partial charge is 0.469 e. The monoisotopic (exact) mass is 448 g/mol. The van der Waals surface area contributed by atoms with E-state index in [0.717, 1.165) is 0 Å². The number of methoxy groups -OCH3 is 1. The lowest BCUT2D eigenvalue weighted by molar-refractivity contribution is -0.142. The van der Waals surface area contributed by atoms with Crippen LogP contribution in [-0.4, -0.2) is 33.9 Å². The van der Waals surface area contributed by atoms with Gasteiger partial charge in [-0.25, -0.2) is 17.5 Å². The molecule has 1 amide bonds. The first-order valence-electron chi connectivity index (χ1n) is 9.52. The zero-order chi connectivity index (χ0) is 23.1. The summed E-state index contributed by atoms with van der Waals surface area (Å²) in [6, 6.07) is 11.5. The summed E-state index contributed by atoms with van der Waals surface area (Å²) in [5.74, 6) is -1.45. The lowest BCUT2D eigenvalue weighted by atomic mass is 9.88. The molecule has 0 saturated heterocycles. The highest BCUT2D eigenvalue weighted by Gasteiger charge is 2.31. The molecule has 0 saturated carbocycles. The summed E-state index contributed by atoms with van der Waals surface area (Å²) in [5, 5.41) is 2.76. The molecule has 0 heterocycles. The molecule has 7 nitrogen and oxygen atoms in total. The fourth-order valence-electron chi connectivity index (χ4n) is 2.91. The Morgan fingerprint density at radius 1 is 1.10 bits per heavy atom. The Bertz CT molecular complexity index is 1050. The first-order chi connectivity index (χ1) is 14.6. The highest BCUT2D eigenvalue weighted by Crippen LogP contribution is 2.26. The van der Waals surface area contributed by atoms with Crippen molar-refractivity contribution in [1.82, 2.24) is 10.0 Å². The lowest BCUT2D eigenvalue weighted by Gasteiger charge is -2.30. The molecule has 166 valence electrons. The molecule has 1 atom stereocenters. The van der Waals surface area contributed by atoms with Gasteiger partial charge in [0.15, 0.2) is 0 Å². The van der Waals surface area contributed by atoms with Gasteiger partial charge in [-0.05, 0) is 48.4 Å². The molecule has 1 unspecified atom stereocenters. The van der Waals surface area contributed by atoms with Crippen molar-refractivity contribution in [3.8, 4) is 0 Å². The summed E-state index contributed by atoms with van der Waals surface area (Å²) in [6.07, 6.45) is 2.64. The number of esters is 1. The quantitative estimate of drug-likeness (QED) is 0.454. The van der Waals surface area contributed by atoms with Crippen molar-refractivity contribution in [2.75, 3.05) is 13.7 Å². The molecule has 0 aliphatic carbocycles. The smallest absolute Gasteiger partial charge is 0.308 e. The molecular formula is C22H25FN2O5S. The third-order valence-corrected chi connectivity index (χ3v) is 6.12. The normalized spacial score (nSPS) is 13.5. The Morgan fingerprint density at radius 2 is 1.71 bits per heavy atom. The van der Waals surface area contributed by atoms with Crippen molar-refractivity contribution >= 4 is 28.0 Å². The molecule has 0 spiro atoms. The molecule has 2 rings (SSSR count). The SMILES string of the molecule is CCNS(=O)(=O)c1ccc(C=CC(=O)NC(C)(CC(=O)OC)c2ccc(F)cc2)cc1. The van der Waals surface area contributed by atoms with Gasteiger partial charge in [0.25, 0.3) is 0 Å². The minimum absolute atomic E-state index is 0.123. The highest BCUT2D eigenvalue weighted by molar-refractivity contribution is 7.89. The molecule has 0 aromatic heterocycles. The second-order valence-electron chi connectivity index (χ2n) is 6.98. The Morgan fingerprint density at radius 3 is 2.26 bits per heavy atom. The van der Waals surface area contributed by atoms with Crippen molar-refractivity contribution in [3.63, 3.8) is 0 Å². The number of carbonyl (C=O) groups is 2. The van der Waals surface area contributed by atoms with Crippen molar-refractivity contribution in [1.29, 1.82) is 0 Å². The van der Waals surface area contributed by atoms with E-state index in [1.165, 1.54) is 55.7 Å². The van der Waals surface area contributed by atoms with Crippen molar-refractivity contribution in [2.24, 2.45) is 0 Å². The van der Waals surface area contributed by atoms with E-state index in [9.17, 15) is 22.4 Å². The van der Waals surface area contributed by atoms with Gasteiger partial charge in [-0.2, -0.15) is 0 Å². The summed E-state index contributed by atoms with van der Waals surface area (Å²) in [4.78, 5) is 24.5. The van der Waals surface area contributed by atoms with E-state index in [1.54, 1.807) is 26.0 Å². The van der Waals surface area contributed by atoms with Crippen LogP contribution in [-0.2, 0) is 29.9 Å².